The van der Waals surface area contributed by atoms with E-state index in [-0.39, 0.29) is 17.1 Å². The lowest BCUT2D eigenvalue weighted by molar-refractivity contribution is -0.935. The van der Waals surface area contributed by atoms with Crippen LogP contribution in [0.4, 0.5) is 19.1 Å². The van der Waals surface area contributed by atoms with Crippen LogP contribution in [-0.2, 0) is 12.8 Å². The lowest BCUT2D eigenvalue weighted by atomic mass is 9.99. The van der Waals surface area contributed by atoms with Gasteiger partial charge in [0.05, 0.1) is 34.3 Å². The normalized spacial score (nSPS) is 25.3. The number of hydrogen-bond acceptors (Lipinski definition) is 7. The van der Waals surface area contributed by atoms with Gasteiger partial charge in [-0.25, -0.2) is 13.2 Å². The van der Waals surface area contributed by atoms with Crippen molar-refractivity contribution in [2.45, 2.75) is 70.2 Å². The Labute approximate surface area is 245 Å². The second-order valence-corrected chi connectivity index (χ2v) is 12.5. The summed E-state index contributed by atoms with van der Waals surface area (Å²) in [5.74, 6) is -0.811. The molecule has 0 spiro atoms. The fourth-order valence-corrected chi connectivity index (χ4v) is 6.40. The van der Waals surface area contributed by atoms with Gasteiger partial charge in [-0.2, -0.15) is 15.0 Å². The number of phenolic OH excluding ortho intramolecular Hbond substituents is 1. The Balaban J connectivity index is 0.000000330. The number of hydrogen-bond donors (Lipinski definition) is 1. The summed E-state index contributed by atoms with van der Waals surface area (Å²) < 4.78 is 47.3. The number of benzene rings is 2. The third-order valence-electron chi connectivity index (χ3n) is 9.51. The van der Waals surface area contributed by atoms with E-state index in [0.717, 1.165) is 36.6 Å². The number of alkyl halides is 1. The lowest BCUT2D eigenvalue weighted by Crippen LogP contribution is -2.65. The summed E-state index contributed by atoms with van der Waals surface area (Å²) in [4.78, 5) is 17.9. The van der Waals surface area contributed by atoms with E-state index in [4.69, 9.17) is 4.74 Å². The van der Waals surface area contributed by atoms with Crippen LogP contribution in [0, 0.1) is 11.6 Å². The van der Waals surface area contributed by atoms with Crippen LogP contribution in [0.3, 0.4) is 0 Å². The number of methoxy groups -OCH3 is 1. The lowest BCUT2D eigenvalue weighted by Gasteiger charge is -2.48. The first-order valence-electron chi connectivity index (χ1n) is 14.8. The molecule has 0 bridgehead atoms. The zero-order valence-electron chi connectivity index (χ0n) is 25.2. The molecule has 4 unspecified atom stereocenters. The van der Waals surface area contributed by atoms with Gasteiger partial charge >= 0.3 is 6.01 Å². The van der Waals surface area contributed by atoms with Crippen LogP contribution in [-0.4, -0.2) is 101 Å². The number of ether oxygens (including phenoxy) is 1. The van der Waals surface area contributed by atoms with Gasteiger partial charge in [0.2, 0.25) is 5.95 Å². The fourth-order valence-electron chi connectivity index (χ4n) is 6.40. The van der Waals surface area contributed by atoms with Crippen molar-refractivity contribution in [1.82, 2.24) is 19.9 Å². The molecule has 0 saturated carbocycles. The molecule has 1 N–H and O–H groups in total. The standard InChI is InChI=1S/C24H29F2N5O2.C7H12FN/c1-14-12-30(13-15(2)31(14,3)4)23-27-20(28-24(29-23)33-5)9-7-17-11-18(32)10-16-6-8-19(25)22(26)21(16)17;8-6-4-7-2-1-3-9(7)5-6/h6,8,10-11,14-15H,7,9,12-13H2,1-5H3;6-7H,1-5H2/p+1. The van der Waals surface area contributed by atoms with Crippen molar-refractivity contribution in [3.63, 3.8) is 0 Å². The number of aromatic nitrogens is 3. The Hall–Kier alpha value is -3.18. The third-order valence-corrected chi connectivity index (χ3v) is 9.51. The first-order chi connectivity index (χ1) is 20.0. The zero-order chi connectivity index (χ0) is 30.2. The highest BCUT2D eigenvalue weighted by molar-refractivity contribution is 5.88. The number of fused-ring (bicyclic) bond motifs is 2. The second kappa shape index (κ2) is 12.2. The van der Waals surface area contributed by atoms with Crippen LogP contribution in [0.25, 0.3) is 10.8 Å². The third kappa shape index (κ3) is 6.27. The van der Waals surface area contributed by atoms with E-state index in [1.54, 1.807) is 0 Å². The van der Waals surface area contributed by atoms with Gasteiger partial charge in [-0.1, -0.05) is 6.07 Å². The molecule has 228 valence electrons. The Morgan fingerprint density at radius 2 is 1.76 bits per heavy atom. The molecule has 42 heavy (non-hydrogen) atoms. The summed E-state index contributed by atoms with van der Waals surface area (Å²) >= 11 is 0. The zero-order valence-corrected chi connectivity index (χ0v) is 25.2. The number of rotatable bonds is 5. The molecule has 2 aromatic carbocycles. The Morgan fingerprint density at radius 3 is 2.45 bits per heavy atom. The molecule has 1 aromatic heterocycles. The second-order valence-electron chi connectivity index (χ2n) is 12.5. The summed E-state index contributed by atoms with van der Waals surface area (Å²) in [5, 5.41) is 10.7. The van der Waals surface area contributed by atoms with E-state index < -0.39 is 17.8 Å². The van der Waals surface area contributed by atoms with Gasteiger partial charge in [-0.3, -0.25) is 4.90 Å². The number of aryl methyl sites for hydroxylation is 2. The van der Waals surface area contributed by atoms with Crippen molar-refractivity contribution in [3.8, 4) is 11.8 Å². The maximum atomic E-state index is 14.6. The summed E-state index contributed by atoms with van der Waals surface area (Å²) in [6, 6.07) is 6.99. The smallest absolute Gasteiger partial charge is 0.321 e. The van der Waals surface area contributed by atoms with Gasteiger partial charge in [0.15, 0.2) is 11.6 Å². The molecule has 3 aromatic rings. The minimum absolute atomic E-state index is 0.00513. The van der Waals surface area contributed by atoms with Crippen LogP contribution in [0.2, 0.25) is 0 Å². The molecule has 3 aliphatic heterocycles. The summed E-state index contributed by atoms with van der Waals surface area (Å²) in [6.07, 6.45) is 3.48. The molecule has 3 aliphatic rings. The Morgan fingerprint density at radius 1 is 1.02 bits per heavy atom. The Kier molecular flexibility index (Phi) is 8.80. The molecule has 0 aliphatic carbocycles. The van der Waals surface area contributed by atoms with Crippen LogP contribution in [0.5, 0.6) is 11.8 Å². The topological polar surface area (TPSA) is 74.6 Å². The van der Waals surface area contributed by atoms with Crippen molar-refractivity contribution < 1.29 is 27.5 Å². The molecule has 11 heteroatoms. The average Bonchev–Trinajstić information content (AvgIpc) is 3.53. The molecule has 3 fully saturated rings. The SMILES string of the molecule is COc1nc(CCc2cc(O)cc3ccc(F)c(F)c23)nc(N2CC(C)[N+](C)(C)C(C)C2)n1.FC1CC2CCCN2C1. The molecule has 4 heterocycles. The maximum absolute atomic E-state index is 14.6. The quantitative estimate of drug-likeness (QED) is 0.435. The minimum atomic E-state index is -0.923. The van der Waals surface area contributed by atoms with E-state index >= 15 is 0 Å². The molecule has 0 amide bonds. The predicted octanol–water partition coefficient (Wildman–Crippen LogP) is 4.67. The Bertz CT molecular complexity index is 1400. The first kappa shape index (κ1) is 30.3. The number of nitrogens with zero attached hydrogens (tertiary/aromatic N) is 6. The van der Waals surface area contributed by atoms with Crippen LogP contribution >= 0.6 is 0 Å². The van der Waals surface area contributed by atoms with Crippen LogP contribution in [0.1, 0.15) is 44.5 Å². The van der Waals surface area contributed by atoms with Gasteiger partial charge in [0.25, 0.3) is 0 Å². The number of quaternary nitrogens is 1. The fraction of sp³-hybridized carbons (Fsp3) is 0.581. The van der Waals surface area contributed by atoms with Crippen LogP contribution < -0.4 is 9.64 Å². The maximum Gasteiger partial charge on any atom is 0.321 e. The van der Waals surface area contributed by atoms with Gasteiger partial charge in [0.1, 0.15) is 29.8 Å². The van der Waals surface area contributed by atoms with Gasteiger partial charge in [-0.15, -0.1) is 0 Å². The van der Waals surface area contributed by atoms with E-state index in [1.165, 1.54) is 38.2 Å². The molecule has 4 atom stereocenters. The molecular formula is C31H42F3N6O2+. The molecule has 8 nitrogen and oxygen atoms in total. The number of anilines is 1. The number of likely N-dealkylation sites (N-methyl/N-ethyl adjacent to an activating group) is 1. The largest absolute Gasteiger partial charge is 0.508 e. The number of phenols is 1. The van der Waals surface area contributed by atoms with Gasteiger partial charge < -0.3 is 19.2 Å². The summed E-state index contributed by atoms with van der Waals surface area (Å²) in [7, 11) is 5.96. The number of halogens is 3. The monoisotopic (exact) mass is 587 g/mol. The van der Waals surface area contributed by atoms with Crippen molar-refractivity contribution in [1.29, 1.82) is 0 Å². The molecule has 0 radical (unpaired) electrons. The first-order valence-corrected chi connectivity index (χ1v) is 14.8. The predicted molar refractivity (Wildman–Crippen MR) is 157 cm³/mol. The van der Waals surface area contributed by atoms with E-state index in [2.05, 4.69) is 52.7 Å². The highest BCUT2D eigenvalue weighted by atomic mass is 19.2. The molecule has 6 rings (SSSR count). The van der Waals surface area contributed by atoms with E-state index in [1.807, 2.05) is 0 Å². The summed E-state index contributed by atoms with van der Waals surface area (Å²) in [6.45, 7) is 7.87. The van der Waals surface area contributed by atoms with Gasteiger partial charge in [0, 0.05) is 24.4 Å². The summed E-state index contributed by atoms with van der Waals surface area (Å²) in [5.41, 5.74) is 0.488. The molecular weight excluding hydrogens is 545 g/mol. The highest BCUT2D eigenvalue weighted by Crippen LogP contribution is 2.31. The van der Waals surface area contributed by atoms with Crippen LogP contribution in [0.15, 0.2) is 24.3 Å². The minimum Gasteiger partial charge on any atom is -0.508 e. The molecule has 3 saturated heterocycles. The highest BCUT2D eigenvalue weighted by Gasteiger charge is 2.39. The van der Waals surface area contributed by atoms with Crippen molar-refractivity contribution in [2.24, 2.45) is 0 Å². The number of piperazine rings is 1. The van der Waals surface area contributed by atoms with E-state index in [0.29, 0.717) is 60.2 Å². The van der Waals surface area contributed by atoms with E-state index in [9.17, 15) is 18.3 Å². The van der Waals surface area contributed by atoms with Crippen molar-refractivity contribution in [3.05, 3.63) is 47.3 Å². The van der Waals surface area contributed by atoms with Crippen molar-refractivity contribution >= 4 is 16.7 Å². The van der Waals surface area contributed by atoms with Gasteiger partial charge in [-0.05, 0) is 75.2 Å². The average molecular weight is 588 g/mol. The number of aromatic hydroxyl groups is 1. The van der Waals surface area contributed by atoms with Crippen molar-refractivity contribution in [2.75, 3.05) is 52.3 Å².